The van der Waals surface area contributed by atoms with Gasteiger partial charge in [0.05, 0.1) is 0 Å². The van der Waals surface area contributed by atoms with Gasteiger partial charge >= 0.3 is 0 Å². The Morgan fingerprint density at radius 3 is 2.81 bits per heavy atom. The van der Waals surface area contributed by atoms with E-state index < -0.39 is 11.6 Å². The van der Waals surface area contributed by atoms with Crippen LogP contribution in [0.5, 0.6) is 0 Å². The third-order valence-electron chi connectivity index (χ3n) is 5.69. The van der Waals surface area contributed by atoms with Crippen molar-refractivity contribution in [3.63, 3.8) is 0 Å². The largest absolute Gasteiger partial charge is 0.340 e. The molecule has 3 heterocycles. The highest BCUT2D eigenvalue weighted by Crippen LogP contribution is 2.39. The highest BCUT2D eigenvalue weighted by molar-refractivity contribution is 5.76. The predicted molar refractivity (Wildman–Crippen MR) is 94.5 cm³/mol. The molecule has 1 aromatic carbocycles. The van der Waals surface area contributed by atoms with Crippen LogP contribution in [0, 0.1) is 17.0 Å². The summed E-state index contributed by atoms with van der Waals surface area (Å²) in [6.45, 7) is 4.13. The summed E-state index contributed by atoms with van der Waals surface area (Å²) in [6, 6.07) is 4.10. The molecule has 1 amide bonds. The van der Waals surface area contributed by atoms with Crippen LogP contribution < -0.4 is 0 Å². The molecule has 8 heteroatoms. The van der Waals surface area contributed by atoms with Gasteiger partial charge in [-0.25, -0.2) is 18.4 Å². The summed E-state index contributed by atoms with van der Waals surface area (Å²) in [7, 11) is 0. The topological polar surface area (TPSA) is 54.3 Å². The van der Waals surface area contributed by atoms with Crippen LogP contribution >= 0.6 is 0 Å². The molecule has 1 spiro atoms. The van der Waals surface area contributed by atoms with E-state index in [1.165, 1.54) is 18.5 Å². The minimum atomic E-state index is -0.814. The molecule has 1 atom stereocenters. The highest BCUT2D eigenvalue weighted by atomic mass is 19.2. The average molecular weight is 375 g/mol. The molecular weight excluding hydrogens is 352 g/mol. The zero-order chi connectivity index (χ0) is 18.9. The summed E-state index contributed by atoms with van der Waals surface area (Å²) in [5.41, 5.74) is 0.873. The lowest BCUT2D eigenvalue weighted by Gasteiger charge is -2.40. The maximum Gasteiger partial charge on any atom is 0.244 e. The van der Waals surface area contributed by atoms with Gasteiger partial charge in [0.2, 0.25) is 5.91 Å². The Hall–Kier alpha value is -2.35. The number of nitrogens with zero attached hydrogens (tertiary/aromatic N) is 5. The lowest BCUT2D eigenvalue weighted by atomic mass is 9.79. The Kier molecular flexibility index (Phi) is 4.90. The molecule has 2 fully saturated rings. The Labute approximate surface area is 156 Å². The second-order valence-electron chi connectivity index (χ2n) is 7.72. The van der Waals surface area contributed by atoms with Gasteiger partial charge in [0, 0.05) is 31.6 Å². The Bertz CT molecular complexity index is 812. The lowest BCUT2D eigenvalue weighted by Crippen LogP contribution is -2.45. The predicted octanol–water partition coefficient (Wildman–Crippen LogP) is 2.07. The first-order valence-corrected chi connectivity index (χ1v) is 9.30. The van der Waals surface area contributed by atoms with Crippen molar-refractivity contribution in [2.24, 2.45) is 5.41 Å². The molecule has 144 valence electrons. The van der Waals surface area contributed by atoms with Crippen molar-refractivity contribution in [1.82, 2.24) is 24.6 Å². The van der Waals surface area contributed by atoms with Crippen LogP contribution in [-0.4, -0.2) is 56.7 Å². The number of halogens is 2. The number of hydrogen-bond donors (Lipinski definition) is 0. The molecule has 0 radical (unpaired) electrons. The number of aromatic nitrogens is 3. The van der Waals surface area contributed by atoms with Gasteiger partial charge in [0.1, 0.15) is 19.2 Å². The van der Waals surface area contributed by atoms with Crippen LogP contribution in [0.25, 0.3) is 0 Å². The van der Waals surface area contributed by atoms with E-state index in [9.17, 15) is 13.6 Å². The maximum atomic E-state index is 13.5. The number of rotatable bonds is 4. The van der Waals surface area contributed by atoms with E-state index in [4.69, 9.17) is 0 Å². The molecule has 0 bridgehead atoms. The van der Waals surface area contributed by atoms with Crippen molar-refractivity contribution >= 4 is 5.91 Å². The van der Waals surface area contributed by atoms with E-state index in [0.29, 0.717) is 6.54 Å². The van der Waals surface area contributed by atoms with Crippen molar-refractivity contribution in [3.05, 3.63) is 48.1 Å². The first-order chi connectivity index (χ1) is 13.0. The molecule has 0 saturated carbocycles. The molecule has 0 aliphatic carbocycles. The zero-order valence-electron chi connectivity index (χ0n) is 15.2. The number of benzene rings is 1. The molecule has 2 aromatic rings. The summed E-state index contributed by atoms with van der Waals surface area (Å²) in [5, 5.41) is 4.00. The summed E-state index contributed by atoms with van der Waals surface area (Å²) in [4.78, 5) is 20.6. The van der Waals surface area contributed by atoms with E-state index in [1.54, 1.807) is 17.1 Å². The molecule has 0 N–H and O–H groups in total. The molecule has 2 aliphatic heterocycles. The standard InChI is InChI=1S/C19H23F2N5O/c20-16-3-2-15(8-17(16)21)9-24-6-1-4-19(11-24)5-7-25(12-19)18(27)10-26-14-22-13-23-26/h2-3,8,13-14H,1,4-7,9-12H2/t19-/m1/s1. The first-order valence-electron chi connectivity index (χ1n) is 9.30. The maximum absolute atomic E-state index is 13.5. The molecule has 2 saturated heterocycles. The van der Waals surface area contributed by atoms with Crippen LogP contribution in [0.2, 0.25) is 0 Å². The highest BCUT2D eigenvalue weighted by Gasteiger charge is 2.42. The van der Waals surface area contributed by atoms with E-state index in [-0.39, 0.29) is 17.9 Å². The molecule has 1 aromatic heterocycles. The fraction of sp³-hybridized carbons (Fsp3) is 0.526. The fourth-order valence-electron chi connectivity index (χ4n) is 4.38. The monoisotopic (exact) mass is 375 g/mol. The van der Waals surface area contributed by atoms with Crippen molar-refractivity contribution in [1.29, 1.82) is 0 Å². The zero-order valence-corrected chi connectivity index (χ0v) is 15.2. The van der Waals surface area contributed by atoms with Crippen molar-refractivity contribution in [2.45, 2.75) is 32.4 Å². The number of carbonyl (C=O) groups excluding carboxylic acids is 1. The second-order valence-corrected chi connectivity index (χ2v) is 7.72. The van der Waals surface area contributed by atoms with Crippen LogP contribution in [0.15, 0.2) is 30.9 Å². The minimum absolute atomic E-state index is 0.0649. The van der Waals surface area contributed by atoms with Crippen LogP contribution in [0.1, 0.15) is 24.8 Å². The van der Waals surface area contributed by atoms with E-state index in [0.717, 1.165) is 51.0 Å². The van der Waals surface area contributed by atoms with E-state index in [1.807, 2.05) is 4.90 Å². The SMILES string of the molecule is O=C(Cn1cncn1)N1CC[C@@]2(CCCN(Cc3ccc(F)c(F)c3)C2)C1. The molecule has 2 aliphatic rings. The van der Waals surface area contributed by atoms with Gasteiger partial charge in [-0.05, 0) is 43.5 Å². The van der Waals surface area contributed by atoms with Gasteiger partial charge in [0.15, 0.2) is 11.6 Å². The first kappa shape index (κ1) is 18.0. The number of hydrogen-bond acceptors (Lipinski definition) is 4. The summed E-state index contributed by atoms with van der Waals surface area (Å²) >= 11 is 0. The van der Waals surface area contributed by atoms with Gasteiger partial charge < -0.3 is 4.90 Å². The molecule has 0 unspecified atom stereocenters. The Balaban J connectivity index is 1.37. The van der Waals surface area contributed by atoms with Gasteiger partial charge in [-0.1, -0.05) is 6.07 Å². The second kappa shape index (κ2) is 7.34. The van der Waals surface area contributed by atoms with Gasteiger partial charge in [-0.15, -0.1) is 0 Å². The summed E-state index contributed by atoms with van der Waals surface area (Å²) < 4.78 is 28.2. The average Bonchev–Trinajstić information content (AvgIpc) is 3.29. The van der Waals surface area contributed by atoms with Crippen LogP contribution in [0.4, 0.5) is 8.78 Å². The number of carbonyl (C=O) groups is 1. The molecular formula is C19H23F2N5O. The van der Waals surface area contributed by atoms with Crippen molar-refractivity contribution < 1.29 is 13.6 Å². The number of piperidine rings is 1. The van der Waals surface area contributed by atoms with Gasteiger partial charge in [0.25, 0.3) is 0 Å². The smallest absolute Gasteiger partial charge is 0.244 e. The normalized spacial score (nSPS) is 23.3. The van der Waals surface area contributed by atoms with Crippen molar-refractivity contribution in [2.75, 3.05) is 26.2 Å². The van der Waals surface area contributed by atoms with Crippen LogP contribution in [-0.2, 0) is 17.9 Å². The Morgan fingerprint density at radius 1 is 1.15 bits per heavy atom. The van der Waals surface area contributed by atoms with E-state index in [2.05, 4.69) is 15.0 Å². The lowest BCUT2D eigenvalue weighted by molar-refractivity contribution is -0.131. The van der Waals surface area contributed by atoms with Gasteiger partial charge in [-0.3, -0.25) is 9.69 Å². The number of amides is 1. The summed E-state index contributed by atoms with van der Waals surface area (Å²) in [6.07, 6.45) is 6.09. The number of likely N-dealkylation sites (tertiary alicyclic amines) is 2. The molecule has 27 heavy (non-hydrogen) atoms. The third-order valence-corrected chi connectivity index (χ3v) is 5.69. The van der Waals surface area contributed by atoms with Crippen molar-refractivity contribution in [3.8, 4) is 0 Å². The molecule has 6 nitrogen and oxygen atoms in total. The van der Waals surface area contributed by atoms with Crippen LogP contribution in [0.3, 0.4) is 0 Å². The summed E-state index contributed by atoms with van der Waals surface area (Å²) in [5.74, 6) is -1.55. The molecule has 4 rings (SSSR count). The third kappa shape index (κ3) is 4.00. The fourth-order valence-corrected chi connectivity index (χ4v) is 4.38. The van der Waals surface area contributed by atoms with Gasteiger partial charge in [-0.2, -0.15) is 5.10 Å². The quantitative estimate of drug-likeness (QED) is 0.821. The van der Waals surface area contributed by atoms with E-state index >= 15 is 0 Å². The Morgan fingerprint density at radius 2 is 2.04 bits per heavy atom. The minimum Gasteiger partial charge on any atom is -0.340 e.